The molecular weight excluding hydrogens is 274 g/mol. The molecule has 0 spiro atoms. The van der Waals surface area contributed by atoms with Crippen LogP contribution in [-0.4, -0.2) is 22.9 Å². The van der Waals surface area contributed by atoms with Crippen molar-refractivity contribution >= 4 is 5.91 Å². The zero-order valence-corrected chi connectivity index (χ0v) is 10.6. The molecule has 1 saturated carbocycles. The summed E-state index contributed by atoms with van der Waals surface area (Å²) >= 11 is 0. The monoisotopic (exact) mass is 287 g/mol. The molecule has 0 radical (unpaired) electrons. The maximum Gasteiger partial charge on any atom is 0.416 e. The van der Waals surface area contributed by atoms with Crippen molar-refractivity contribution in [1.82, 2.24) is 4.90 Å². The molecule has 1 heterocycles. The van der Waals surface area contributed by atoms with Gasteiger partial charge in [-0.1, -0.05) is 0 Å². The second kappa shape index (κ2) is 4.46. The molecule has 1 aliphatic heterocycles. The molecule has 0 N–H and O–H groups in total. The molecule has 0 aromatic heterocycles. The van der Waals surface area contributed by atoms with Gasteiger partial charge in [0.05, 0.1) is 17.6 Å². The van der Waals surface area contributed by atoms with E-state index in [4.69, 9.17) is 0 Å². The fourth-order valence-corrected chi connectivity index (χ4v) is 3.04. The summed E-state index contributed by atoms with van der Waals surface area (Å²) in [5.74, 6) is -0.416. The van der Waals surface area contributed by atoms with Gasteiger partial charge in [0, 0.05) is 5.56 Å². The fourth-order valence-electron chi connectivity index (χ4n) is 3.04. The van der Waals surface area contributed by atoms with E-state index in [-0.39, 0.29) is 23.2 Å². The van der Waals surface area contributed by atoms with Crippen LogP contribution in [0.15, 0.2) is 18.2 Å². The second-order valence-electron chi connectivity index (χ2n) is 5.33. The van der Waals surface area contributed by atoms with Gasteiger partial charge in [-0.05, 0) is 43.0 Å². The predicted octanol–water partition coefficient (Wildman–Crippen LogP) is 3.55. The number of halogens is 4. The van der Waals surface area contributed by atoms with Crippen molar-refractivity contribution in [2.75, 3.05) is 0 Å². The Balaban J connectivity index is 1.91. The van der Waals surface area contributed by atoms with Crippen LogP contribution in [0, 0.1) is 0 Å². The first-order valence-electron chi connectivity index (χ1n) is 6.51. The van der Waals surface area contributed by atoms with Gasteiger partial charge < -0.3 is 4.90 Å². The Kier molecular flexibility index (Phi) is 2.99. The summed E-state index contributed by atoms with van der Waals surface area (Å²) in [7, 11) is 0. The summed E-state index contributed by atoms with van der Waals surface area (Å²) in [6.45, 7) is -1.02. The van der Waals surface area contributed by atoms with Gasteiger partial charge in [-0.3, -0.25) is 4.79 Å². The molecule has 3 rings (SSSR count). The normalized spacial score (nSPS) is 24.7. The molecule has 1 aromatic carbocycles. The number of hydrogen-bond donors (Lipinski definition) is 0. The van der Waals surface area contributed by atoms with Crippen LogP contribution in [0.5, 0.6) is 0 Å². The van der Waals surface area contributed by atoms with Crippen LogP contribution >= 0.6 is 0 Å². The quantitative estimate of drug-likeness (QED) is 0.601. The van der Waals surface area contributed by atoms with Crippen LogP contribution in [0.25, 0.3) is 0 Å². The van der Waals surface area contributed by atoms with E-state index in [0.717, 1.165) is 31.4 Å². The predicted molar refractivity (Wildman–Crippen MR) is 63.9 cm³/mol. The first kappa shape index (κ1) is 13.4. The number of carbonyl (C=O) groups excluding carboxylic acids is 1. The zero-order chi connectivity index (χ0) is 14.5. The number of fused-ring (bicyclic) bond motifs is 1. The maximum atomic E-state index is 12.7. The van der Waals surface area contributed by atoms with Gasteiger partial charge in [0.1, 0.15) is 6.67 Å². The van der Waals surface area contributed by atoms with Crippen LogP contribution in [0.1, 0.15) is 40.7 Å². The molecule has 2 atom stereocenters. The Morgan fingerprint density at radius 2 is 1.85 bits per heavy atom. The highest BCUT2D eigenvalue weighted by Crippen LogP contribution is 2.43. The minimum absolute atomic E-state index is 0.0677. The Morgan fingerprint density at radius 3 is 2.40 bits per heavy atom. The lowest BCUT2D eigenvalue weighted by Crippen LogP contribution is -2.18. The van der Waals surface area contributed by atoms with Crippen molar-refractivity contribution in [2.45, 2.75) is 44.2 Å². The van der Waals surface area contributed by atoms with Crippen LogP contribution in [0.3, 0.4) is 0 Å². The molecule has 1 saturated heterocycles. The summed E-state index contributed by atoms with van der Waals surface area (Å²) < 4.78 is 50.9. The average Bonchev–Trinajstić information content (AvgIpc) is 2.88. The number of carbonyl (C=O) groups is 1. The van der Waals surface area contributed by atoms with E-state index >= 15 is 0 Å². The maximum absolute atomic E-state index is 12.7. The molecule has 0 bridgehead atoms. The summed E-state index contributed by atoms with van der Waals surface area (Å²) in [6, 6.07) is 3.12. The third-order valence-corrected chi connectivity index (χ3v) is 4.02. The zero-order valence-electron chi connectivity index (χ0n) is 10.6. The van der Waals surface area contributed by atoms with E-state index in [1.807, 2.05) is 0 Å². The van der Waals surface area contributed by atoms with Gasteiger partial charge in [-0.2, -0.15) is 13.2 Å². The molecular formula is C14H13F4NO. The van der Waals surface area contributed by atoms with Crippen LogP contribution in [-0.2, 0) is 12.9 Å². The molecule has 108 valence electrons. The van der Waals surface area contributed by atoms with Crippen molar-refractivity contribution in [2.24, 2.45) is 0 Å². The number of amides is 1. The van der Waals surface area contributed by atoms with E-state index < -0.39 is 24.3 Å². The highest BCUT2D eigenvalue weighted by molar-refractivity contribution is 5.97. The minimum atomic E-state index is -4.57. The third-order valence-electron chi connectivity index (χ3n) is 4.02. The fraction of sp³-hybridized carbons (Fsp3) is 0.500. The third kappa shape index (κ3) is 2.17. The number of benzene rings is 1. The number of alkyl halides is 4. The Bertz CT molecular complexity index is 545. The van der Waals surface area contributed by atoms with Gasteiger partial charge in [0.25, 0.3) is 5.91 Å². The van der Waals surface area contributed by atoms with Crippen molar-refractivity contribution in [3.05, 3.63) is 34.9 Å². The molecule has 1 aromatic rings. The van der Waals surface area contributed by atoms with Gasteiger partial charge in [-0.25, -0.2) is 4.39 Å². The van der Waals surface area contributed by atoms with E-state index in [2.05, 4.69) is 0 Å². The first-order chi connectivity index (χ1) is 9.41. The van der Waals surface area contributed by atoms with Crippen molar-refractivity contribution in [1.29, 1.82) is 0 Å². The standard InChI is InChI=1S/C14H13F4NO/c15-7-8-4-9(6-10(5-8)14(16,17)18)13(20)19-11-2-1-3-12(11)19/h4-6,11-12H,1-3,7H2. The Morgan fingerprint density at radius 1 is 1.20 bits per heavy atom. The van der Waals surface area contributed by atoms with Gasteiger partial charge in [0.2, 0.25) is 0 Å². The summed E-state index contributed by atoms with van der Waals surface area (Å²) in [6.07, 6.45) is -1.71. The Hall–Kier alpha value is -1.59. The van der Waals surface area contributed by atoms with Crippen LogP contribution < -0.4 is 0 Å². The first-order valence-corrected chi connectivity index (χ1v) is 6.51. The smallest absolute Gasteiger partial charge is 0.329 e. The molecule has 2 fully saturated rings. The SMILES string of the molecule is O=C(c1cc(CF)cc(C(F)(F)F)c1)N1C2CCCC21. The largest absolute Gasteiger partial charge is 0.416 e. The summed E-state index contributed by atoms with van der Waals surface area (Å²) in [5.41, 5.74) is -1.15. The molecule has 1 aliphatic carbocycles. The number of likely N-dealkylation sites (tertiary alicyclic amines) is 1. The minimum Gasteiger partial charge on any atom is -0.329 e. The lowest BCUT2D eigenvalue weighted by atomic mass is 10.0. The highest BCUT2D eigenvalue weighted by Gasteiger charge is 2.53. The number of hydrogen-bond acceptors (Lipinski definition) is 1. The average molecular weight is 287 g/mol. The van der Waals surface area contributed by atoms with Crippen LogP contribution in [0.4, 0.5) is 17.6 Å². The van der Waals surface area contributed by atoms with Crippen molar-refractivity contribution < 1.29 is 22.4 Å². The van der Waals surface area contributed by atoms with E-state index in [9.17, 15) is 22.4 Å². The lowest BCUT2D eigenvalue weighted by Gasteiger charge is -2.12. The molecule has 1 amide bonds. The number of rotatable bonds is 2. The van der Waals surface area contributed by atoms with Gasteiger partial charge >= 0.3 is 6.18 Å². The topological polar surface area (TPSA) is 20.1 Å². The summed E-state index contributed by atoms with van der Waals surface area (Å²) in [4.78, 5) is 13.8. The van der Waals surface area contributed by atoms with Crippen LogP contribution in [0.2, 0.25) is 0 Å². The van der Waals surface area contributed by atoms with E-state index in [1.165, 1.54) is 6.07 Å². The van der Waals surface area contributed by atoms with Gasteiger partial charge in [-0.15, -0.1) is 0 Å². The number of nitrogens with zero attached hydrogens (tertiary/aromatic N) is 1. The van der Waals surface area contributed by atoms with Crippen molar-refractivity contribution in [3.63, 3.8) is 0 Å². The van der Waals surface area contributed by atoms with E-state index in [0.29, 0.717) is 0 Å². The van der Waals surface area contributed by atoms with Gasteiger partial charge in [0.15, 0.2) is 0 Å². The van der Waals surface area contributed by atoms with Crippen molar-refractivity contribution in [3.8, 4) is 0 Å². The summed E-state index contributed by atoms with van der Waals surface area (Å²) in [5, 5.41) is 0. The number of piperidine rings is 1. The molecule has 2 aliphatic rings. The molecule has 20 heavy (non-hydrogen) atoms. The highest BCUT2D eigenvalue weighted by atomic mass is 19.4. The van der Waals surface area contributed by atoms with E-state index in [1.54, 1.807) is 4.90 Å². The second-order valence-corrected chi connectivity index (χ2v) is 5.33. The molecule has 6 heteroatoms. The molecule has 2 unspecified atom stereocenters. The Labute approximate surface area is 113 Å². The molecule has 2 nitrogen and oxygen atoms in total. The lowest BCUT2D eigenvalue weighted by molar-refractivity contribution is -0.137.